The van der Waals surface area contributed by atoms with Gasteiger partial charge in [-0.1, -0.05) is 6.08 Å². The van der Waals surface area contributed by atoms with Crippen molar-refractivity contribution in [3.8, 4) is 0 Å². The first-order chi connectivity index (χ1) is 8.60. The molecule has 0 aromatic carbocycles. The monoisotopic (exact) mass is 294 g/mol. The molecule has 0 aliphatic carbocycles. The second-order valence-electron chi connectivity index (χ2n) is 5.12. The van der Waals surface area contributed by atoms with Gasteiger partial charge in [-0.3, -0.25) is 8.98 Å². The number of quaternary nitrogens is 1. The molecule has 1 amide bonds. The van der Waals surface area contributed by atoms with E-state index in [2.05, 4.69) is 30.6 Å². The highest BCUT2D eigenvalue weighted by Crippen LogP contribution is 2.01. The van der Waals surface area contributed by atoms with Gasteiger partial charge in [0.25, 0.3) is 0 Å². The fourth-order valence-corrected chi connectivity index (χ4v) is 1.47. The van der Waals surface area contributed by atoms with Gasteiger partial charge in [-0.05, 0) is 25.3 Å². The van der Waals surface area contributed by atoms with Gasteiger partial charge >= 0.3 is 0 Å². The minimum absolute atomic E-state index is 0.491. The molecule has 0 heterocycles. The van der Waals surface area contributed by atoms with Crippen LogP contribution in [0.2, 0.25) is 0 Å². The molecule has 0 aromatic rings. The van der Waals surface area contributed by atoms with Gasteiger partial charge < -0.3 is 14.4 Å². The Morgan fingerprint density at radius 1 is 1.32 bits per heavy atom. The standard InChI is InChI=1S/C11H22N2O5S/c1-13(2,3)9-7-5-4-6-8-11(14)12-10-18-19(15,16)17/h6,8H,4-5,7,9-10H2,1-3H3,(H-,12,14,15,16,17). The maximum atomic E-state index is 11.1. The summed E-state index contributed by atoms with van der Waals surface area (Å²) in [4.78, 5) is 11.1. The predicted molar refractivity (Wildman–Crippen MR) is 69.7 cm³/mol. The Morgan fingerprint density at radius 3 is 2.47 bits per heavy atom. The molecule has 0 saturated heterocycles. The summed E-state index contributed by atoms with van der Waals surface area (Å²) in [5.41, 5.74) is 0. The number of hydrogen-bond acceptors (Lipinski definition) is 5. The summed E-state index contributed by atoms with van der Waals surface area (Å²) in [6, 6.07) is 0. The highest BCUT2D eigenvalue weighted by molar-refractivity contribution is 7.80. The number of rotatable bonds is 9. The van der Waals surface area contributed by atoms with Gasteiger partial charge in [-0.2, -0.15) is 0 Å². The van der Waals surface area contributed by atoms with Gasteiger partial charge in [-0.15, -0.1) is 0 Å². The maximum absolute atomic E-state index is 11.1. The lowest BCUT2D eigenvalue weighted by molar-refractivity contribution is -0.870. The van der Waals surface area contributed by atoms with E-state index in [0.29, 0.717) is 0 Å². The van der Waals surface area contributed by atoms with E-state index >= 15 is 0 Å². The number of amides is 1. The minimum atomic E-state index is -4.76. The van der Waals surface area contributed by atoms with Crippen molar-refractivity contribution in [1.29, 1.82) is 0 Å². The zero-order valence-electron chi connectivity index (χ0n) is 11.6. The average Bonchev–Trinajstić information content (AvgIpc) is 2.19. The lowest BCUT2D eigenvalue weighted by atomic mass is 10.2. The summed E-state index contributed by atoms with van der Waals surface area (Å²) in [6.07, 6.45) is 5.81. The lowest BCUT2D eigenvalue weighted by Crippen LogP contribution is -2.35. The van der Waals surface area contributed by atoms with E-state index < -0.39 is 23.0 Å². The third kappa shape index (κ3) is 15.0. The van der Waals surface area contributed by atoms with Crippen LogP contribution >= 0.6 is 0 Å². The van der Waals surface area contributed by atoms with Gasteiger partial charge in [0.05, 0.1) is 27.7 Å². The molecule has 8 heteroatoms. The van der Waals surface area contributed by atoms with Crippen molar-refractivity contribution in [3.05, 3.63) is 12.2 Å². The molecular weight excluding hydrogens is 272 g/mol. The van der Waals surface area contributed by atoms with Crippen LogP contribution in [0.25, 0.3) is 0 Å². The van der Waals surface area contributed by atoms with Crippen LogP contribution < -0.4 is 5.32 Å². The van der Waals surface area contributed by atoms with Crippen molar-refractivity contribution in [2.24, 2.45) is 0 Å². The van der Waals surface area contributed by atoms with E-state index in [0.717, 1.165) is 30.3 Å². The van der Waals surface area contributed by atoms with Crippen LogP contribution in [-0.2, 0) is 19.4 Å². The molecule has 1 N–H and O–H groups in total. The Balaban J connectivity index is 3.63. The highest BCUT2D eigenvalue weighted by Gasteiger charge is 2.04. The first kappa shape index (κ1) is 18.0. The van der Waals surface area contributed by atoms with Crippen molar-refractivity contribution in [2.75, 3.05) is 34.4 Å². The number of carbonyl (C=O) groups excluding carboxylic acids is 1. The van der Waals surface area contributed by atoms with Crippen molar-refractivity contribution in [2.45, 2.75) is 19.3 Å². The smallest absolute Gasteiger partial charge is 0.245 e. The first-order valence-electron chi connectivity index (χ1n) is 5.95. The summed E-state index contributed by atoms with van der Waals surface area (Å²) in [6.45, 7) is 0.422. The topological polar surface area (TPSA) is 95.5 Å². The van der Waals surface area contributed by atoms with Crippen molar-refractivity contribution < 1.29 is 26.4 Å². The maximum Gasteiger partial charge on any atom is 0.245 e. The fraction of sp³-hybridized carbons (Fsp3) is 0.727. The van der Waals surface area contributed by atoms with Crippen LogP contribution in [0.5, 0.6) is 0 Å². The largest absolute Gasteiger partial charge is 0.725 e. The molecule has 0 saturated carbocycles. The number of unbranched alkanes of at least 4 members (excludes halogenated alkanes) is 2. The molecule has 0 rings (SSSR count). The minimum Gasteiger partial charge on any atom is -0.725 e. The van der Waals surface area contributed by atoms with Crippen molar-refractivity contribution >= 4 is 16.3 Å². The predicted octanol–water partition coefficient (Wildman–Crippen LogP) is -0.0304. The molecule has 0 unspecified atom stereocenters. The highest BCUT2D eigenvalue weighted by atomic mass is 32.3. The Bertz CT molecular complexity index is 398. The van der Waals surface area contributed by atoms with Gasteiger partial charge in [-0.25, -0.2) is 8.42 Å². The molecule has 0 atom stereocenters. The molecule has 0 bridgehead atoms. The normalized spacial score (nSPS) is 12.8. The van der Waals surface area contributed by atoms with Crippen molar-refractivity contribution in [1.82, 2.24) is 5.32 Å². The van der Waals surface area contributed by atoms with Crippen LogP contribution in [-0.4, -0.2) is 57.8 Å². The number of nitrogens with one attached hydrogen (secondary N) is 1. The van der Waals surface area contributed by atoms with E-state index in [4.69, 9.17) is 0 Å². The van der Waals surface area contributed by atoms with Crippen LogP contribution in [0, 0.1) is 0 Å². The van der Waals surface area contributed by atoms with Crippen LogP contribution in [0.3, 0.4) is 0 Å². The van der Waals surface area contributed by atoms with E-state index in [-0.39, 0.29) is 0 Å². The van der Waals surface area contributed by atoms with E-state index in [9.17, 15) is 17.8 Å². The molecule has 0 fully saturated rings. The van der Waals surface area contributed by atoms with Gasteiger partial charge in [0.2, 0.25) is 16.3 Å². The molecule has 0 spiro atoms. The van der Waals surface area contributed by atoms with Gasteiger partial charge in [0, 0.05) is 0 Å². The molecule has 19 heavy (non-hydrogen) atoms. The SMILES string of the molecule is C[N+](C)(C)CCCCC=CC(=O)NCOS(=O)(=O)[O-]. The number of allylic oxidation sites excluding steroid dienone is 1. The Kier molecular flexibility index (Phi) is 7.84. The summed E-state index contributed by atoms with van der Waals surface area (Å²) in [5, 5.41) is 2.12. The first-order valence-corrected chi connectivity index (χ1v) is 7.28. The molecular formula is C11H22N2O5S. The third-order valence-corrected chi connectivity index (χ3v) is 2.58. The summed E-state index contributed by atoms with van der Waals surface area (Å²) in [7, 11) is 1.60. The molecule has 0 aliphatic heterocycles. The molecule has 0 radical (unpaired) electrons. The average molecular weight is 294 g/mol. The van der Waals surface area contributed by atoms with Crippen LogP contribution in [0.1, 0.15) is 19.3 Å². The number of nitrogens with zero attached hydrogens (tertiary/aromatic N) is 1. The van der Waals surface area contributed by atoms with Crippen LogP contribution in [0.15, 0.2) is 12.2 Å². The van der Waals surface area contributed by atoms with Gasteiger partial charge in [0.15, 0.2) is 0 Å². The lowest BCUT2D eigenvalue weighted by Gasteiger charge is -2.23. The quantitative estimate of drug-likeness (QED) is 0.161. The second-order valence-corrected chi connectivity index (χ2v) is 6.18. The zero-order chi connectivity index (χ0) is 14.9. The molecule has 112 valence electrons. The summed E-state index contributed by atoms with van der Waals surface area (Å²) >= 11 is 0. The van der Waals surface area contributed by atoms with E-state index in [1.165, 1.54) is 6.08 Å². The Morgan fingerprint density at radius 2 is 1.95 bits per heavy atom. The molecule has 0 aromatic heterocycles. The van der Waals surface area contributed by atoms with Gasteiger partial charge in [0.1, 0.15) is 6.73 Å². The zero-order valence-corrected chi connectivity index (χ0v) is 12.4. The Hall–Kier alpha value is -0.960. The third-order valence-electron chi connectivity index (χ3n) is 2.17. The molecule has 0 aliphatic rings. The second kappa shape index (κ2) is 8.26. The summed E-state index contributed by atoms with van der Waals surface area (Å²) in [5.74, 6) is -0.491. The van der Waals surface area contributed by atoms with Crippen LogP contribution in [0.4, 0.5) is 0 Å². The Labute approximate surface area is 114 Å². The van der Waals surface area contributed by atoms with E-state index in [1.807, 2.05) is 0 Å². The number of hydrogen-bond donors (Lipinski definition) is 1. The summed E-state index contributed by atoms with van der Waals surface area (Å²) < 4.78 is 35.0. The molecule has 7 nitrogen and oxygen atoms in total. The number of carbonyl (C=O) groups is 1. The fourth-order valence-electron chi connectivity index (χ4n) is 1.27. The van der Waals surface area contributed by atoms with Crippen molar-refractivity contribution in [3.63, 3.8) is 0 Å². The van der Waals surface area contributed by atoms with E-state index in [1.54, 1.807) is 6.08 Å².